The van der Waals surface area contributed by atoms with Crippen molar-refractivity contribution in [3.63, 3.8) is 0 Å². The lowest BCUT2D eigenvalue weighted by molar-refractivity contribution is -0.148. The van der Waals surface area contributed by atoms with Crippen molar-refractivity contribution in [3.05, 3.63) is 95.3 Å². The van der Waals surface area contributed by atoms with E-state index in [2.05, 4.69) is 10.2 Å². The number of aromatic nitrogens is 2. The molecule has 1 aromatic heterocycles. The number of ether oxygens (including phenoxy) is 1. The number of rotatable bonds is 6. The average Bonchev–Trinajstić information content (AvgIpc) is 3.25. The maximum absolute atomic E-state index is 12.3. The van der Waals surface area contributed by atoms with Crippen molar-refractivity contribution in [1.29, 1.82) is 0 Å². The minimum atomic E-state index is -0.651. The molecule has 0 aliphatic heterocycles. The maximum atomic E-state index is 12.3. The first-order chi connectivity index (χ1) is 14.6. The SMILES string of the molecule is C[C@H](OC(=O)Cc1ccc(-c2ccccc2)cc1)c1nnc(-c2cccc(Cl)c2)o1. The van der Waals surface area contributed by atoms with Crippen LogP contribution in [0.4, 0.5) is 0 Å². The lowest BCUT2D eigenvalue weighted by Crippen LogP contribution is -2.11. The Kier molecular flexibility index (Phi) is 5.91. The Morgan fingerprint density at radius 1 is 0.933 bits per heavy atom. The number of hydrogen-bond donors (Lipinski definition) is 0. The smallest absolute Gasteiger partial charge is 0.311 e. The molecular weight excluding hydrogens is 400 g/mol. The third-order valence-electron chi connectivity index (χ3n) is 4.58. The van der Waals surface area contributed by atoms with Gasteiger partial charge in [0.05, 0.1) is 6.42 Å². The zero-order valence-corrected chi connectivity index (χ0v) is 17.0. The number of benzene rings is 3. The second kappa shape index (κ2) is 8.93. The van der Waals surface area contributed by atoms with Gasteiger partial charge in [-0.1, -0.05) is 72.3 Å². The van der Waals surface area contributed by atoms with Crippen LogP contribution in [0.3, 0.4) is 0 Å². The van der Waals surface area contributed by atoms with E-state index in [0.717, 1.165) is 16.7 Å². The molecule has 0 aliphatic carbocycles. The zero-order valence-electron chi connectivity index (χ0n) is 16.3. The molecule has 30 heavy (non-hydrogen) atoms. The van der Waals surface area contributed by atoms with E-state index in [4.69, 9.17) is 20.8 Å². The molecule has 0 radical (unpaired) electrons. The molecule has 0 unspecified atom stereocenters. The summed E-state index contributed by atoms with van der Waals surface area (Å²) in [7, 11) is 0. The number of esters is 1. The second-order valence-corrected chi connectivity index (χ2v) is 7.26. The van der Waals surface area contributed by atoms with Crippen molar-refractivity contribution >= 4 is 17.6 Å². The van der Waals surface area contributed by atoms with Crippen LogP contribution in [0.2, 0.25) is 5.02 Å². The Morgan fingerprint density at radius 2 is 1.63 bits per heavy atom. The van der Waals surface area contributed by atoms with Gasteiger partial charge in [0.15, 0.2) is 6.10 Å². The summed E-state index contributed by atoms with van der Waals surface area (Å²) in [5.74, 6) is 0.196. The fourth-order valence-electron chi connectivity index (χ4n) is 3.04. The molecule has 0 fully saturated rings. The summed E-state index contributed by atoms with van der Waals surface area (Å²) in [5.41, 5.74) is 3.81. The van der Waals surface area contributed by atoms with Gasteiger partial charge >= 0.3 is 5.97 Å². The van der Waals surface area contributed by atoms with Gasteiger partial charge in [0.25, 0.3) is 5.89 Å². The first-order valence-electron chi connectivity index (χ1n) is 9.51. The van der Waals surface area contributed by atoms with Gasteiger partial charge in [-0.25, -0.2) is 0 Å². The van der Waals surface area contributed by atoms with Crippen LogP contribution in [-0.4, -0.2) is 16.2 Å². The quantitative estimate of drug-likeness (QED) is 0.364. The Morgan fingerprint density at radius 3 is 2.37 bits per heavy atom. The van der Waals surface area contributed by atoms with Gasteiger partial charge in [0.2, 0.25) is 5.89 Å². The Bertz CT molecular complexity index is 1140. The summed E-state index contributed by atoms with van der Waals surface area (Å²) in [5, 5.41) is 8.58. The molecule has 0 spiro atoms. The van der Waals surface area contributed by atoms with Gasteiger partial charge < -0.3 is 9.15 Å². The molecule has 3 aromatic carbocycles. The monoisotopic (exact) mass is 418 g/mol. The van der Waals surface area contributed by atoms with Crippen molar-refractivity contribution in [2.75, 3.05) is 0 Å². The molecule has 150 valence electrons. The lowest BCUT2D eigenvalue weighted by Gasteiger charge is -2.10. The van der Waals surface area contributed by atoms with Crippen molar-refractivity contribution in [2.45, 2.75) is 19.4 Å². The molecule has 0 amide bonds. The Labute approximate surface area is 179 Å². The molecule has 0 bridgehead atoms. The summed E-state index contributed by atoms with van der Waals surface area (Å²) < 4.78 is 11.1. The summed E-state index contributed by atoms with van der Waals surface area (Å²) in [6, 6.07) is 25.0. The molecule has 4 aromatic rings. The van der Waals surface area contributed by atoms with Gasteiger partial charge in [-0.2, -0.15) is 0 Å². The number of carbonyl (C=O) groups is 1. The fourth-order valence-corrected chi connectivity index (χ4v) is 3.23. The molecule has 1 atom stereocenters. The van der Waals surface area contributed by atoms with E-state index in [9.17, 15) is 4.79 Å². The number of nitrogens with zero attached hydrogens (tertiary/aromatic N) is 2. The Balaban J connectivity index is 1.37. The summed E-state index contributed by atoms with van der Waals surface area (Å²) in [4.78, 5) is 12.3. The first kappa shape index (κ1) is 19.9. The van der Waals surface area contributed by atoms with E-state index >= 15 is 0 Å². The van der Waals surface area contributed by atoms with Crippen LogP contribution in [0.5, 0.6) is 0 Å². The third-order valence-corrected chi connectivity index (χ3v) is 4.81. The molecular formula is C24H19ClN2O3. The van der Waals surface area contributed by atoms with Gasteiger partial charge in [-0.3, -0.25) is 4.79 Å². The summed E-state index contributed by atoms with van der Waals surface area (Å²) in [6.07, 6.45) is -0.490. The van der Waals surface area contributed by atoms with Crippen LogP contribution in [0.15, 0.2) is 83.3 Å². The molecule has 0 aliphatic rings. The van der Waals surface area contributed by atoms with Crippen LogP contribution in [-0.2, 0) is 16.0 Å². The Hall–Kier alpha value is -3.44. The van der Waals surface area contributed by atoms with E-state index in [1.807, 2.05) is 60.7 Å². The average molecular weight is 419 g/mol. The highest BCUT2D eigenvalue weighted by atomic mass is 35.5. The summed E-state index contributed by atoms with van der Waals surface area (Å²) >= 11 is 6.00. The maximum Gasteiger partial charge on any atom is 0.311 e. The van der Waals surface area contributed by atoms with Gasteiger partial charge in [-0.05, 0) is 41.8 Å². The minimum Gasteiger partial charge on any atom is -0.452 e. The van der Waals surface area contributed by atoms with Crippen LogP contribution in [0.25, 0.3) is 22.6 Å². The van der Waals surface area contributed by atoms with E-state index in [1.54, 1.807) is 25.1 Å². The van der Waals surface area contributed by atoms with E-state index in [1.165, 1.54) is 0 Å². The second-order valence-electron chi connectivity index (χ2n) is 6.83. The van der Waals surface area contributed by atoms with Gasteiger partial charge in [-0.15, -0.1) is 10.2 Å². The number of halogens is 1. The third kappa shape index (κ3) is 4.75. The fraction of sp³-hybridized carbons (Fsp3) is 0.125. The van der Waals surface area contributed by atoms with Crippen molar-refractivity contribution < 1.29 is 13.9 Å². The van der Waals surface area contributed by atoms with E-state index in [-0.39, 0.29) is 18.3 Å². The molecule has 4 rings (SSSR count). The van der Waals surface area contributed by atoms with Gasteiger partial charge in [0.1, 0.15) is 0 Å². The van der Waals surface area contributed by atoms with Crippen molar-refractivity contribution in [1.82, 2.24) is 10.2 Å². The molecule has 0 saturated carbocycles. The highest BCUT2D eigenvalue weighted by molar-refractivity contribution is 6.30. The van der Waals surface area contributed by atoms with Crippen LogP contribution in [0, 0.1) is 0 Å². The topological polar surface area (TPSA) is 65.2 Å². The molecule has 1 heterocycles. The number of carbonyl (C=O) groups excluding carboxylic acids is 1. The van der Waals surface area contributed by atoms with Crippen molar-refractivity contribution in [3.8, 4) is 22.6 Å². The molecule has 0 saturated heterocycles. The normalized spacial score (nSPS) is 11.8. The standard InChI is InChI=1S/C24H19ClN2O3/c1-16(23-26-27-24(30-23)20-8-5-9-21(25)15-20)29-22(28)14-17-10-12-19(13-11-17)18-6-3-2-4-7-18/h2-13,15-16H,14H2,1H3/t16-/m0/s1. The van der Waals surface area contributed by atoms with E-state index < -0.39 is 6.10 Å². The minimum absolute atomic E-state index is 0.161. The van der Waals surface area contributed by atoms with Gasteiger partial charge in [0, 0.05) is 10.6 Å². The molecule has 5 nitrogen and oxygen atoms in total. The number of hydrogen-bond acceptors (Lipinski definition) is 5. The van der Waals surface area contributed by atoms with Crippen molar-refractivity contribution in [2.24, 2.45) is 0 Å². The molecule has 0 N–H and O–H groups in total. The largest absolute Gasteiger partial charge is 0.452 e. The predicted octanol–water partition coefficient (Wildman–Crippen LogP) is 5.90. The van der Waals surface area contributed by atoms with E-state index in [0.29, 0.717) is 16.5 Å². The summed E-state index contributed by atoms with van der Waals surface area (Å²) in [6.45, 7) is 1.70. The predicted molar refractivity (Wildman–Crippen MR) is 115 cm³/mol. The van der Waals surface area contributed by atoms with Crippen LogP contribution in [0.1, 0.15) is 24.5 Å². The first-order valence-corrected chi connectivity index (χ1v) is 9.89. The van der Waals surface area contributed by atoms with Crippen LogP contribution >= 0.6 is 11.6 Å². The van der Waals surface area contributed by atoms with Crippen LogP contribution < -0.4 is 0 Å². The highest BCUT2D eigenvalue weighted by Crippen LogP contribution is 2.25. The highest BCUT2D eigenvalue weighted by Gasteiger charge is 2.19. The molecule has 6 heteroatoms. The lowest BCUT2D eigenvalue weighted by atomic mass is 10.0. The zero-order chi connectivity index (χ0) is 20.9.